The Hall–Kier alpha value is -2.50. The zero-order chi connectivity index (χ0) is 17.2. The molecule has 1 saturated carbocycles. The first-order valence-electron chi connectivity index (χ1n) is 7.97. The number of H-pyrrole nitrogens is 1. The Morgan fingerprint density at radius 1 is 1.08 bits per heavy atom. The van der Waals surface area contributed by atoms with E-state index in [-0.39, 0.29) is 11.1 Å². The molecule has 1 aliphatic carbocycles. The number of hydrogen-bond donors (Lipinski definition) is 2. The predicted molar refractivity (Wildman–Crippen MR) is 85.6 cm³/mol. The summed E-state index contributed by atoms with van der Waals surface area (Å²) >= 11 is 0. The smallest absolute Gasteiger partial charge is 0.252 e. The zero-order valence-corrected chi connectivity index (χ0v) is 13.1. The monoisotopic (exact) mass is 332 g/mol. The van der Waals surface area contributed by atoms with Gasteiger partial charge in [-0.1, -0.05) is 25.3 Å². The second kappa shape index (κ2) is 6.55. The van der Waals surface area contributed by atoms with Crippen molar-refractivity contribution in [3.63, 3.8) is 0 Å². The molecule has 6 heteroatoms. The second-order valence-electron chi connectivity index (χ2n) is 6.16. The first kappa shape index (κ1) is 16.4. The molecule has 0 radical (unpaired) electrons. The predicted octanol–water partition coefficient (Wildman–Crippen LogP) is 3.24. The molecule has 0 atom stereocenters. The van der Waals surface area contributed by atoms with Crippen molar-refractivity contribution in [2.24, 2.45) is 0 Å². The van der Waals surface area contributed by atoms with Crippen LogP contribution in [0.15, 0.2) is 41.3 Å². The van der Waals surface area contributed by atoms with E-state index in [4.69, 9.17) is 0 Å². The van der Waals surface area contributed by atoms with Gasteiger partial charge in [-0.05, 0) is 25.0 Å². The summed E-state index contributed by atoms with van der Waals surface area (Å²) in [7, 11) is 0. The van der Waals surface area contributed by atoms with Gasteiger partial charge in [0, 0.05) is 29.5 Å². The molecule has 1 fully saturated rings. The van der Waals surface area contributed by atoms with Crippen LogP contribution in [0.2, 0.25) is 0 Å². The third kappa shape index (κ3) is 3.22. The Kier molecular flexibility index (Phi) is 4.46. The summed E-state index contributed by atoms with van der Waals surface area (Å²) in [5.74, 6) is -1.75. The van der Waals surface area contributed by atoms with Gasteiger partial charge >= 0.3 is 0 Å². The summed E-state index contributed by atoms with van der Waals surface area (Å²) in [4.78, 5) is 26.4. The third-order valence-corrected chi connectivity index (χ3v) is 4.54. The topological polar surface area (TPSA) is 62.0 Å². The van der Waals surface area contributed by atoms with Gasteiger partial charge in [0.15, 0.2) is 0 Å². The van der Waals surface area contributed by atoms with E-state index >= 15 is 0 Å². The van der Waals surface area contributed by atoms with Gasteiger partial charge in [-0.15, -0.1) is 0 Å². The molecule has 126 valence electrons. The van der Waals surface area contributed by atoms with Crippen molar-refractivity contribution in [2.45, 2.75) is 37.6 Å². The number of carbonyl (C=O) groups excluding carboxylic acids is 1. The molecule has 1 amide bonds. The molecule has 0 aliphatic heterocycles. The fraction of sp³-hybridized carbons (Fsp3) is 0.333. The number of aromatic amines is 1. The number of carbonyl (C=O) groups is 1. The Balaban J connectivity index is 1.97. The number of halogens is 2. The molecule has 2 N–H and O–H groups in total. The van der Waals surface area contributed by atoms with Crippen molar-refractivity contribution < 1.29 is 13.6 Å². The molecule has 1 aromatic heterocycles. The number of amides is 1. The van der Waals surface area contributed by atoms with Crippen molar-refractivity contribution in [1.82, 2.24) is 10.3 Å². The van der Waals surface area contributed by atoms with Crippen LogP contribution in [0.25, 0.3) is 0 Å². The maximum atomic E-state index is 14.4. The minimum absolute atomic E-state index is 0.214. The molecule has 4 nitrogen and oxygen atoms in total. The van der Waals surface area contributed by atoms with Crippen LogP contribution in [0.5, 0.6) is 0 Å². The number of pyridine rings is 1. The number of aromatic nitrogens is 1. The molecular weight excluding hydrogens is 314 g/mol. The number of nitrogens with one attached hydrogen (secondary N) is 2. The maximum absolute atomic E-state index is 14.4. The van der Waals surface area contributed by atoms with Crippen molar-refractivity contribution in [3.8, 4) is 0 Å². The third-order valence-electron chi connectivity index (χ3n) is 4.54. The van der Waals surface area contributed by atoms with Crippen LogP contribution in [0.3, 0.4) is 0 Å². The van der Waals surface area contributed by atoms with Crippen LogP contribution in [0.1, 0.15) is 48.0 Å². The average Bonchev–Trinajstić information content (AvgIpc) is 2.55. The number of hydrogen-bond acceptors (Lipinski definition) is 2. The molecule has 24 heavy (non-hydrogen) atoms. The normalized spacial score (nSPS) is 16.6. The molecule has 2 aromatic rings. The molecule has 0 bridgehead atoms. The first-order valence-corrected chi connectivity index (χ1v) is 7.97. The second-order valence-corrected chi connectivity index (χ2v) is 6.16. The number of rotatable bonds is 3. The van der Waals surface area contributed by atoms with E-state index in [1.165, 1.54) is 30.5 Å². The molecule has 0 saturated heterocycles. The minimum atomic E-state index is -0.879. The lowest BCUT2D eigenvalue weighted by Crippen LogP contribution is -2.48. The van der Waals surface area contributed by atoms with Gasteiger partial charge in [0.2, 0.25) is 5.56 Å². The first-order chi connectivity index (χ1) is 11.5. The minimum Gasteiger partial charge on any atom is -0.342 e. The fourth-order valence-electron chi connectivity index (χ4n) is 3.37. The van der Waals surface area contributed by atoms with Gasteiger partial charge in [0.1, 0.15) is 11.6 Å². The molecule has 3 rings (SSSR count). The van der Waals surface area contributed by atoms with Crippen molar-refractivity contribution in [3.05, 3.63) is 69.6 Å². The number of benzene rings is 1. The van der Waals surface area contributed by atoms with Gasteiger partial charge in [0.25, 0.3) is 5.91 Å². The lowest BCUT2D eigenvalue weighted by Gasteiger charge is -2.39. The van der Waals surface area contributed by atoms with Crippen molar-refractivity contribution in [1.29, 1.82) is 0 Å². The maximum Gasteiger partial charge on any atom is 0.252 e. The molecule has 1 aliphatic rings. The van der Waals surface area contributed by atoms with Crippen molar-refractivity contribution in [2.75, 3.05) is 0 Å². The van der Waals surface area contributed by atoms with E-state index in [9.17, 15) is 18.4 Å². The summed E-state index contributed by atoms with van der Waals surface area (Å²) in [6, 6.07) is 6.13. The van der Waals surface area contributed by atoms with Crippen LogP contribution in [0.4, 0.5) is 8.78 Å². The zero-order valence-electron chi connectivity index (χ0n) is 13.1. The quantitative estimate of drug-likeness (QED) is 0.906. The van der Waals surface area contributed by atoms with Gasteiger partial charge in [-0.3, -0.25) is 9.59 Å². The van der Waals surface area contributed by atoms with Crippen LogP contribution in [-0.4, -0.2) is 10.9 Å². The lowest BCUT2D eigenvalue weighted by atomic mass is 9.76. The van der Waals surface area contributed by atoms with E-state index in [1.807, 2.05) is 0 Å². The van der Waals surface area contributed by atoms with E-state index < -0.39 is 23.1 Å². The van der Waals surface area contributed by atoms with Gasteiger partial charge in [-0.25, -0.2) is 8.78 Å². The fourth-order valence-corrected chi connectivity index (χ4v) is 3.37. The summed E-state index contributed by atoms with van der Waals surface area (Å²) < 4.78 is 27.6. The van der Waals surface area contributed by atoms with Gasteiger partial charge in [0.05, 0.1) is 5.54 Å². The lowest BCUT2D eigenvalue weighted by molar-refractivity contribution is 0.0863. The highest BCUT2D eigenvalue weighted by Gasteiger charge is 2.37. The highest BCUT2D eigenvalue weighted by atomic mass is 19.1. The molecular formula is C18H18F2N2O2. The Morgan fingerprint density at radius 2 is 1.83 bits per heavy atom. The van der Waals surface area contributed by atoms with Crippen LogP contribution in [-0.2, 0) is 5.54 Å². The SMILES string of the molecule is O=C(NC1(c2ccc(F)cc2F)CCCCC1)c1cc[nH]c(=O)c1. The molecule has 1 aromatic carbocycles. The molecule has 0 unspecified atom stereocenters. The highest BCUT2D eigenvalue weighted by Crippen LogP contribution is 2.38. The van der Waals surface area contributed by atoms with Crippen LogP contribution < -0.4 is 10.9 Å². The van der Waals surface area contributed by atoms with E-state index in [1.54, 1.807) is 0 Å². The molecule has 1 heterocycles. The Bertz CT molecular complexity index is 811. The Labute approximate surface area is 137 Å². The van der Waals surface area contributed by atoms with E-state index in [0.29, 0.717) is 18.4 Å². The molecule has 0 spiro atoms. The summed E-state index contributed by atoms with van der Waals surface area (Å²) in [5.41, 5.74) is -0.753. The highest BCUT2D eigenvalue weighted by molar-refractivity contribution is 5.94. The average molecular weight is 332 g/mol. The van der Waals surface area contributed by atoms with Crippen LogP contribution in [0, 0.1) is 11.6 Å². The summed E-state index contributed by atoms with van der Waals surface area (Å²) in [5, 5.41) is 2.90. The summed E-state index contributed by atoms with van der Waals surface area (Å²) in [6.45, 7) is 0. The largest absolute Gasteiger partial charge is 0.342 e. The van der Waals surface area contributed by atoms with E-state index in [0.717, 1.165) is 25.3 Å². The van der Waals surface area contributed by atoms with Crippen molar-refractivity contribution >= 4 is 5.91 Å². The standard InChI is InChI=1S/C18H18F2N2O2/c19-13-4-5-14(15(20)11-13)18(7-2-1-3-8-18)22-17(24)12-6-9-21-16(23)10-12/h4-6,9-11H,1-3,7-8H2,(H,21,23)(H,22,24). The van der Waals surface area contributed by atoms with E-state index in [2.05, 4.69) is 10.3 Å². The van der Waals surface area contributed by atoms with Gasteiger partial charge in [-0.2, -0.15) is 0 Å². The van der Waals surface area contributed by atoms with Crippen LogP contribution >= 0.6 is 0 Å². The Morgan fingerprint density at radius 3 is 2.50 bits per heavy atom. The summed E-state index contributed by atoms with van der Waals surface area (Å²) in [6.07, 6.45) is 5.22. The van der Waals surface area contributed by atoms with Gasteiger partial charge < -0.3 is 10.3 Å².